The second kappa shape index (κ2) is 6.63. The van der Waals surface area contributed by atoms with E-state index in [4.69, 9.17) is 4.74 Å². The van der Waals surface area contributed by atoms with Crippen molar-refractivity contribution in [3.8, 4) is 5.75 Å². The zero-order valence-corrected chi connectivity index (χ0v) is 12.3. The number of hydrogen-bond acceptors (Lipinski definition) is 5. The van der Waals surface area contributed by atoms with Crippen LogP contribution in [-0.2, 0) is 0 Å². The first-order valence-electron chi connectivity index (χ1n) is 6.38. The third-order valence-corrected chi connectivity index (χ3v) is 3.94. The zero-order valence-electron chi connectivity index (χ0n) is 11.5. The predicted molar refractivity (Wildman–Crippen MR) is 77.8 cm³/mol. The molecule has 2 aromatic rings. The Bertz CT molecular complexity index is 527. The molecule has 1 N–H and O–H groups in total. The summed E-state index contributed by atoms with van der Waals surface area (Å²) in [6.07, 6.45) is 4.70. The lowest BCUT2D eigenvalue weighted by molar-refractivity contribution is 0.411. The average Bonchev–Trinajstić information content (AvgIpc) is 2.86. The number of rotatable bonds is 6. The van der Waals surface area contributed by atoms with Gasteiger partial charge in [-0.15, -0.1) is 11.3 Å². The molecule has 0 radical (unpaired) electrons. The molecule has 0 aliphatic rings. The molecule has 4 nitrogen and oxygen atoms in total. The standard InChI is InChI=1S/C14H19N3OS/c1-4-5-16-13(14-10(2)17-9-19-14)11-6-12(18-3)8-15-7-11/h6-9,13,16H,4-5H2,1-3H3. The minimum atomic E-state index is 0.134. The molecular weight excluding hydrogens is 258 g/mol. The number of hydrogen-bond donors (Lipinski definition) is 1. The fraction of sp³-hybridized carbons (Fsp3) is 0.429. The number of nitrogens with zero attached hydrogens (tertiary/aromatic N) is 2. The quantitative estimate of drug-likeness (QED) is 0.882. The number of nitrogens with one attached hydrogen (secondary N) is 1. The highest BCUT2D eigenvalue weighted by Crippen LogP contribution is 2.29. The lowest BCUT2D eigenvalue weighted by Gasteiger charge is -2.18. The molecule has 2 heterocycles. The number of thiazole rings is 1. The number of ether oxygens (including phenoxy) is 1. The fourth-order valence-corrected chi connectivity index (χ4v) is 2.85. The summed E-state index contributed by atoms with van der Waals surface area (Å²) in [5, 5.41) is 3.56. The van der Waals surface area contributed by atoms with Crippen molar-refractivity contribution in [2.75, 3.05) is 13.7 Å². The Morgan fingerprint density at radius 1 is 1.42 bits per heavy atom. The van der Waals surface area contributed by atoms with E-state index in [1.807, 2.05) is 24.7 Å². The van der Waals surface area contributed by atoms with Crippen LogP contribution < -0.4 is 10.1 Å². The summed E-state index contributed by atoms with van der Waals surface area (Å²) in [6, 6.07) is 2.16. The van der Waals surface area contributed by atoms with Gasteiger partial charge in [-0.25, -0.2) is 4.98 Å². The molecule has 0 aliphatic heterocycles. The molecular formula is C14H19N3OS. The highest BCUT2D eigenvalue weighted by Gasteiger charge is 2.18. The first-order chi connectivity index (χ1) is 9.26. The molecule has 2 aromatic heterocycles. The number of aryl methyl sites for hydroxylation is 1. The highest BCUT2D eigenvalue weighted by molar-refractivity contribution is 7.09. The van der Waals surface area contributed by atoms with Crippen molar-refractivity contribution in [2.45, 2.75) is 26.3 Å². The van der Waals surface area contributed by atoms with E-state index < -0.39 is 0 Å². The summed E-state index contributed by atoms with van der Waals surface area (Å²) in [4.78, 5) is 9.82. The summed E-state index contributed by atoms with van der Waals surface area (Å²) in [6.45, 7) is 5.16. The fourth-order valence-electron chi connectivity index (χ4n) is 1.94. The second-order valence-electron chi connectivity index (χ2n) is 4.35. The Kier molecular flexibility index (Phi) is 4.87. The summed E-state index contributed by atoms with van der Waals surface area (Å²) in [5.74, 6) is 0.781. The normalized spacial score (nSPS) is 12.4. The van der Waals surface area contributed by atoms with Gasteiger partial charge in [0, 0.05) is 11.1 Å². The van der Waals surface area contributed by atoms with Gasteiger partial charge in [-0.1, -0.05) is 6.92 Å². The van der Waals surface area contributed by atoms with Gasteiger partial charge in [-0.2, -0.15) is 0 Å². The Morgan fingerprint density at radius 2 is 2.26 bits per heavy atom. The van der Waals surface area contributed by atoms with E-state index >= 15 is 0 Å². The maximum atomic E-state index is 5.25. The molecule has 0 saturated heterocycles. The highest BCUT2D eigenvalue weighted by atomic mass is 32.1. The van der Waals surface area contributed by atoms with Crippen LogP contribution in [0.25, 0.3) is 0 Å². The molecule has 0 fully saturated rings. The van der Waals surface area contributed by atoms with Gasteiger partial charge in [0.05, 0.1) is 30.6 Å². The Hall–Kier alpha value is -1.46. The maximum Gasteiger partial charge on any atom is 0.137 e. The van der Waals surface area contributed by atoms with Crippen molar-refractivity contribution in [1.29, 1.82) is 0 Å². The molecule has 0 saturated carbocycles. The Labute approximate surface area is 117 Å². The summed E-state index contributed by atoms with van der Waals surface area (Å²) in [5.41, 5.74) is 4.07. The van der Waals surface area contributed by atoms with Gasteiger partial charge in [-0.3, -0.25) is 4.98 Å². The van der Waals surface area contributed by atoms with E-state index in [1.165, 1.54) is 4.88 Å². The first kappa shape index (κ1) is 14.0. The Balaban J connectivity index is 2.34. The van der Waals surface area contributed by atoms with Crippen molar-refractivity contribution in [3.05, 3.63) is 40.1 Å². The molecule has 0 aliphatic carbocycles. The van der Waals surface area contributed by atoms with Crippen molar-refractivity contribution in [3.63, 3.8) is 0 Å². The van der Waals surface area contributed by atoms with E-state index in [2.05, 4.69) is 22.2 Å². The van der Waals surface area contributed by atoms with E-state index in [0.717, 1.165) is 30.0 Å². The van der Waals surface area contributed by atoms with Gasteiger partial charge in [0.1, 0.15) is 5.75 Å². The molecule has 19 heavy (non-hydrogen) atoms. The van der Waals surface area contributed by atoms with Crippen molar-refractivity contribution in [2.24, 2.45) is 0 Å². The van der Waals surface area contributed by atoms with E-state index in [1.54, 1.807) is 24.6 Å². The minimum absolute atomic E-state index is 0.134. The number of aromatic nitrogens is 2. The Morgan fingerprint density at radius 3 is 2.89 bits per heavy atom. The van der Waals surface area contributed by atoms with Crippen molar-refractivity contribution < 1.29 is 4.74 Å². The first-order valence-corrected chi connectivity index (χ1v) is 7.26. The summed E-state index contributed by atoms with van der Waals surface area (Å²) >= 11 is 1.67. The van der Waals surface area contributed by atoms with Crippen LogP contribution in [0.2, 0.25) is 0 Å². The minimum Gasteiger partial charge on any atom is -0.495 e. The lowest BCUT2D eigenvalue weighted by Crippen LogP contribution is -2.23. The van der Waals surface area contributed by atoms with E-state index in [9.17, 15) is 0 Å². The van der Waals surface area contributed by atoms with Crippen molar-refractivity contribution in [1.82, 2.24) is 15.3 Å². The average molecular weight is 277 g/mol. The van der Waals surface area contributed by atoms with Crippen LogP contribution >= 0.6 is 11.3 Å². The third kappa shape index (κ3) is 3.30. The van der Waals surface area contributed by atoms with Crippen LogP contribution in [0.15, 0.2) is 24.0 Å². The van der Waals surface area contributed by atoms with Gasteiger partial charge in [-0.05, 0) is 31.5 Å². The van der Waals surface area contributed by atoms with Crippen LogP contribution in [-0.4, -0.2) is 23.6 Å². The topological polar surface area (TPSA) is 47.0 Å². The maximum absolute atomic E-state index is 5.25. The molecule has 0 spiro atoms. The molecule has 0 aromatic carbocycles. The molecule has 5 heteroatoms. The molecule has 2 rings (SSSR count). The van der Waals surface area contributed by atoms with Crippen LogP contribution in [0, 0.1) is 6.92 Å². The monoisotopic (exact) mass is 277 g/mol. The smallest absolute Gasteiger partial charge is 0.137 e. The van der Waals surface area contributed by atoms with Gasteiger partial charge in [0.15, 0.2) is 0 Å². The van der Waals surface area contributed by atoms with Crippen LogP contribution in [0.5, 0.6) is 5.75 Å². The van der Waals surface area contributed by atoms with Gasteiger partial charge < -0.3 is 10.1 Å². The largest absolute Gasteiger partial charge is 0.495 e. The van der Waals surface area contributed by atoms with Crippen LogP contribution in [0.1, 0.15) is 35.5 Å². The molecule has 0 amide bonds. The third-order valence-electron chi connectivity index (χ3n) is 2.95. The second-order valence-corrected chi connectivity index (χ2v) is 5.23. The van der Waals surface area contributed by atoms with Crippen molar-refractivity contribution >= 4 is 11.3 Å². The van der Waals surface area contributed by atoms with E-state index in [0.29, 0.717) is 0 Å². The number of methoxy groups -OCH3 is 1. The molecule has 102 valence electrons. The van der Waals surface area contributed by atoms with Crippen LogP contribution in [0.4, 0.5) is 0 Å². The predicted octanol–water partition coefficient (Wildman–Crippen LogP) is 2.94. The van der Waals surface area contributed by atoms with Gasteiger partial charge in [0.25, 0.3) is 0 Å². The summed E-state index contributed by atoms with van der Waals surface area (Å²) < 4.78 is 5.25. The number of pyridine rings is 1. The SMILES string of the molecule is CCCNC(c1cncc(OC)c1)c1scnc1C. The lowest BCUT2D eigenvalue weighted by atomic mass is 10.1. The van der Waals surface area contributed by atoms with E-state index in [-0.39, 0.29) is 6.04 Å². The van der Waals surface area contributed by atoms with Gasteiger partial charge >= 0.3 is 0 Å². The van der Waals surface area contributed by atoms with Gasteiger partial charge in [0.2, 0.25) is 0 Å². The molecule has 1 unspecified atom stereocenters. The zero-order chi connectivity index (χ0) is 13.7. The van der Waals surface area contributed by atoms with Crippen LogP contribution in [0.3, 0.4) is 0 Å². The molecule has 1 atom stereocenters. The summed E-state index contributed by atoms with van der Waals surface area (Å²) in [7, 11) is 1.66. The molecule has 0 bridgehead atoms.